The van der Waals surface area contributed by atoms with E-state index >= 15 is 0 Å². The normalized spacial score (nSPS) is 11.3. The molecule has 23 heavy (non-hydrogen) atoms. The van der Waals surface area contributed by atoms with Crippen LogP contribution in [0.2, 0.25) is 0 Å². The summed E-state index contributed by atoms with van der Waals surface area (Å²) in [6.07, 6.45) is 0. The van der Waals surface area contributed by atoms with Crippen molar-refractivity contribution in [2.24, 2.45) is 27.2 Å². The summed E-state index contributed by atoms with van der Waals surface area (Å²) in [6.45, 7) is 7.07. The van der Waals surface area contributed by atoms with Gasteiger partial charge in [-0.05, 0) is 37.4 Å². The number of guanidine groups is 2. The number of carbonyl (C=O) groups excluding carboxylic acids is 1. The number of nitrogens with zero attached hydrogens (tertiary/aromatic N) is 3. The van der Waals surface area contributed by atoms with Crippen molar-refractivity contribution in [3.05, 3.63) is 29.8 Å². The van der Waals surface area contributed by atoms with Crippen molar-refractivity contribution < 1.29 is 9.53 Å². The van der Waals surface area contributed by atoms with Crippen molar-refractivity contribution in [2.45, 2.75) is 13.8 Å². The standard InChI is InChI=1S/C15H24N6O2/c1-3-21(4-2)9-10-23-13(22)11-5-7-12(8-6-11)19-15(18)20-14(16)17/h5-8H,3-4,9-10H2,1-2H3,(H6,16,17,18,19,20). The van der Waals surface area contributed by atoms with E-state index in [0.29, 0.717) is 17.9 Å². The minimum absolute atomic E-state index is 0.0560. The van der Waals surface area contributed by atoms with Gasteiger partial charge in [-0.15, -0.1) is 0 Å². The van der Waals surface area contributed by atoms with Gasteiger partial charge in [0.15, 0.2) is 5.96 Å². The van der Waals surface area contributed by atoms with Gasteiger partial charge in [0.05, 0.1) is 11.3 Å². The molecule has 0 atom stereocenters. The molecule has 0 spiro atoms. The number of likely N-dealkylation sites (N-methyl/N-ethyl adjacent to an activating group) is 1. The van der Waals surface area contributed by atoms with Gasteiger partial charge in [-0.25, -0.2) is 9.79 Å². The molecule has 1 rings (SSSR count). The largest absolute Gasteiger partial charge is 0.461 e. The molecule has 126 valence electrons. The number of aliphatic imine (C=N–C) groups is 2. The molecule has 0 saturated heterocycles. The van der Waals surface area contributed by atoms with E-state index in [2.05, 4.69) is 28.7 Å². The number of nitrogens with two attached hydrogens (primary N) is 3. The second kappa shape index (κ2) is 9.42. The maximum atomic E-state index is 11.9. The van der Waals surface area contributed by atoms with Gasteiger partial charge in [0.1, 0.15) is 6.61 Å². The predicted molar refractivity (Wildman–Crippen MR) is 91.6 cm³/mol. The minimum atomic E-state index is -0.370. The van der Waals surface area contributed by atoms with Crippen LogP contribution < -0.4 is 17.2 Å². The zero-order valence-corrected chi connectivity index (χ0v) is 13.5. The molecule has 8 nitrogen and oxygen atoms in total. The molecular formula is C15H24N6O2. The minimum Gasteiger partial charge on any atom is -0.461 e. The first kappa shape index (κ1) is 18.4. The fourth-order valence-corrected chi connectivity index (χ4v) is 1.85. The van der Waals surface area contributed by atoms with Crippen LogP contribution >= 0.6 is 0 Å². The summed E-state index contributed by atoms with van der Waals surface area (Å²) in [4.78, 5) is 21.7. The smallest absolute Gasteiger partial charge is 0.338 e. The molecule has 0 aromatic heterocycles. The Morgan fingerprint density at radius 2 is 1.74 bits per heavy atom. The lowest BCUT2D eigenvalue weighted by atomic mass is 10.2. The summed E-state index contributed by atoms with van der Waals surface area (Å²) in [5.74, 6) is -0.593. The Kier molecular flexibility index (Phi) is 7.55. The lowest BCUT2D eigenvalue weighted by Crippen LogP contribution is -2.27. The number of carbonyl (C=O) groups is 1. The molecular weight excluding hydrogens is 296 g/mol. The highest BCUT2D eigenvalue weighted by molar-refractivity contribution is 5.94. The molecule has 1 aromatic carbocycles. The van der Waals surface area contributed by atoms with Gasteiger partial charge < -0.3 is 26.8 Å². The lowest BCUT2D eigenvalue weighted by Gasteiger charge is -2.17. The molecule has 0 unspecified atom stereocenters. The highest BCUT2D eigenvalue weighted by Crippen LogP contribution is 2.13. The van der Waals surface area contributed by atoms with Gasteiger partial charge in [-0.2, -0.15) is 4.99 Å². The molecule has 0 fully saturated rings. The summed E-state index contributed by atoms with van der Waals surface area (Å²) in [7, 11) is 0. The number of esters is 1. The van der Waals surface area contributed by atoms with Gasteiger partial charge in [0.25, 0.3) is 0 Å². The Morgan fingerprint density at radius 3 is 2.26 bits per heavy atom. The molecule has 8 heteroatoms. The lowest BCUT2D eigenvalue weighted by molar-refractivity contribution is 0.0466. The second-order valence-electron chi connectivity index (χ2n) is 4.72. The molecule has 0 bridgehead atoms. The van der Waals surface area contributed by atoms with Crippen molar-refractivity contribution in [1.29, 1.82) is 0 Å². The molecule has 0 aliphatic heterocycles. The number of ether oxygens (including phenoxy) is 1. The van der Waals surface area contributed by atoms with Crippen LogP contribution in [0, 0.1) is 0 Å². The zero-order chi connectivity index (χ0) is 17.2. The Morgan fingerprint density at radius 1 is 1.13 bits per heavy atom. The van der Waals surface area contributed by atoms with Crippen LogP contribution in [0.3, 0.4) is 0 Å². The maximum Gasteiger partial charge on any atom is 0.338 e. The summed E-state index contributed by atoms with van der Waals surface area (Å²) < 4.78 is 5.24. The average molecular weight is 320 g/mol. The van der Waals surface area contributed by atoms with Crippen molar-refractivity contribution in [2.75, 3.05) is 26.2 Å². The van der Waals surface area contributed by atoms with E-state index in [1.165, 1.54) is 0 Å². The van der Waals surface area contributed by atoms with Gasteiger partial charge in [-0.3, -0.25) is 0 Å². The second-order valence-corrected chi connectivity index (χ2v) is 4.72. The maximum absolute atomic E-state index is 11.9. The third-order valence-corrected chi connectivity index (χ3v) is 3.13. The Balaban J connectivity index is 2.59. The number of rotatable bonds is 7. The third-order valence-electron chi connectivity index (χ3n) is 3.13. The van der Waals surface area contributed by atoms with E-state index in [0.717, 1.165) is 19.6 Å². The summed E-state index contributed by atoms with van der Waals surface area (Å²) in [6, 6.07) is 6.49. The van der Waals surface area contributed by atoms with Gasteiger partial charge in [-0.1, -0.05) is 13.8 Å². The van der Waals surface area contributed by atoms with Crippen molar-refractivity contribution in [3.8, 4) is 0 Å². The first-order valence-corrected chi connectivity index (χ1v) is 7.39. The van der Waals surface area contributed by atoms with Crippen LogP contribution in [0.5, 0.6) is 0 Å². The summed E-state index contributed by atoms with van der Waals surface area (Å²) in [5, 5.41) is 0. The van der Waals surface area contributed by atoms with E-state index < -0.39 is 0 Å². The SMILES string of the molecule is CCN(CC)CCOC(=O)c1ccc(N=C(N)N=C(N)N)cc1. The van der Waals surface area contributed by atoms with E-state index in [9.17, 15) is 4.79 Å². The van der Waals surface area contributed by atoms with E-state index in [4.69, 9.17) is 21.9 Å². The topological polar surface area (TPSA) is 132 Å². The molecule has 0 radical (unpaired) electrons. The van der Waals surface area contributed by atoms with Crippen LogP contribution in [0.15, 0.2) is 34.3 Å². The fourth-order valence-electron chi connectivity index (χ4n) is 1.85. The van der Waals surface area contributed by atoms with Gasteiger partial charge in [0, 0.05) is 6.54 Å². The predicted octanol–water partition coefficient (Wildman–Crippen LogP) is 0.405. The van der Waals surface area contributed by atoms with Gasteiger partial charge in [0.2, 0.25) is 5.96 Å². The van der Waals surface area contributed by atoms with Crippen LogP contribution in [-0.2, 0) is 4.74 Å². The van der Waals surface area contributed by atoms with E-state index in [-0.39, 0.29) is 17.9 Å². The highest BCUT2D eigenvalue weighted by atomic mass is 16.5. The molecule has 0 amide bonds. The quantitative estimate of drug-likeness (QED) is 0.378. The summed E-state index contributed by atoms with van der Waals surface area (Å²) in [5.41, 5.74) is 16.9. The molecule has 6 N–H and O–H groups in total. The molecule has 0 heterocycles. The molecule has 0 saturated carbocycles. The first-order chi connectivity index (χ1) is 11.0. The van der Waals surface area contributed by atoms with Crippen molar-refractivity contribution >= 4 is 23.6 Å². The summed E-state index contributed by atoms with van der Waals surface area (Å²) >= 11 is 0. The molecule has 0 aliphatic carbocycles. The zero-order valence-electron chi connectivity index (χ0n) is 13.5. The van der Waals surface area contributed by atoms with Crippen LogP contribution in [0.25, 0.3) is 0 Å². The Labute approximate surface area is 136 Å². The average Bonchev–Trinajstić information content (AvgIpc) is 2.51. The van der Waals surface area contributed by atoms with Crippen molar-refractivity contribution in [3.63, 3.8) is 0 Å². The first-order valence-electron chi connectivity index (χ1n) is 7.39. The van der Waals surface area contributed by atoms with Gasteiger partial charge >= 0.3 is 5.97 Å². The van der Waals surface area contributed by atoms with Crippen LogP contribution in [0.4, 0.5) is 5.69 Å². The number of hydrogen-bond donors (Lipinski definition) is 3. The third kappa shape index (κ3) is 6.79. The molecule has 0 aliphatic rings. The van der Waals surface area contributed by atoms with Crippen LogP contribution in [0.1, 0.15) is 24.2 Å². The Bertz CT molecular complexity index is 560. The Hall–Kier alpha value is -2.61. The van der Waals surface area contributed by atoms with Crippen LogP contribution in [-0.4, -0.2) is 49.0 Å². The number of benzene rings is 1. The van der Waals surface area contributed by atoms with E-state index in [1.54, 1.807) is 24.3 Å². The monoisotopic (exact) mass is 320 g/mol. The fraction of sp³-hybridized carbons (Fsp3) is 0.400. The van der Waals surface area contributed by atoms with E-state index in [1.807, 2.05) is 0 Å². The highest BCUT2D eigenvalue weighted by Gasteiger charge is 2.08. The molecule has 1 aromatic rings. The number of hydrogen-bond acceptors (Lipinski definition) is 4. The van der Waals surface area contributed by atoms with Crippen molar-refractivity contribution in [1.82, 2.24) is 4.90 Å².